The predicted molar refractivity (Wildman–Crippen MR) is 46.3 cm³/mol. The first-order valence-electron chi connectivity index (χ1n) is 4.00. The van der Waals surface area contributed by atoms with Crippen LogP contribution in [-0.4, -0.2) is 22.9 Å². The van der Waals surface area contributed by atoms with Crippen LogP contribution in [0, 0.1) is 0 Å². The predicted octanol–water partition coefficient (Wildman–Crippen LogP) is 0.721. The standard InChI is InChI=1S/C9H11NO2/c11-7-4-6-2-1-3-8(12)9(6)10-5-7/h1-3,7,10-12H,4-5H2. The Morgan fingerprint density at radius 1 is 1.42 bits per heavy atom. The minimum Gasteiger partial charge on any atom is -0.506 e. The van der Waals surface area contributed by atoms with E-state index in [9.17, 15) is 10.2 Å². The largest absolute Gasteiger partial charge is 0.506 e. The van der Waals surface area contributed by atoms with Gasteiger partial charge in [0, 0.05) is 13.0 Å². The van der Waals surface area contributed by atoms with Crippen molar-refractivity contribution in [1.82, 2.24) is 0 Å². The van der Waals surface area contributed by atoms with Crippen molar-refractivity contribution in [2.45, 2.75) is 12.5 Å². The number of hydrogen-bond donors (Lipinski definition) is 3. The Balaban J connectivity index is 2.42. The molecule has 0 fully saturated rings. The van der Waals surface area contributed by atoms with Crippen LogP contribution in [0.5, 0.6) is 5.75 Å². The third-order valence-electron chi connectivity index (χ3n) is 2.10. The number of aliphatic hydroxyl groups is 1. The highest BCUT2D eigenvalue weighted by Crippen LogP contribution is 2.30. The highest BCUT2D eigenvalue weighted by molar-refractivity contribution is 5.62. The molecule has 0 saturated heterocycles. The van der Waals surface area contributed by atoms with Crippen molar-refractivity contribution in [1.29, 1.82) is 0 Å². The van der Waals surface area contributed by atoms with Crippen molar-refractivity contribution in [2.75, 3.05) is 11.9 Å². The molecule has 0 saturated carbocycles. The molecule has 1 aromatic carbocycles. The van der Waals surface area contributed by atoms with Gasteiger partial charge in [0.2, 0.25) is 0 Å². The lowest BCUT2D eigenvalue weighted by Gasteiger charge is -2.22. The van der Waals surface area contributed by atoms with E-state index in [-0.39, 0.29) is 11.9 Å². The molecule has 0 aromatic heterocycles. The highest BCUT2D eigenvalue weighted by atomic mass is 16.3. The van der Waals surface area contributed by atoms with Crippen LogP contribution in [0.25, 0.3) is 0 Å². The zero-order valence-electron chi connectivity index (χ0n) is 6.62. The average molecular weight is 165 g/mol. The number of aliphatic hydroxyl groups excluding tert-OH is 1. The number of phenols is 1. The van der Waals surface area contributed by atoms with Crippen LogP contribution in [0.2, 0.25) is 0 Å². The maximum absolute atomic E-state index is 9.40. The zero-order chi connectivity index (χ0) is 8.55. The van der Waals surface area contributed by atoms with Gasteiger partial charge in [-0.15, -0.1) is 0 Å². The van der Waals surface area contributed by atoms with Gasteiger partial charge in [-0.3, -0.25) is 0 Å². The summed E-state index contributed by atoms with van der Waals surface area (Å²) in [5.74, 6) is 0.263. The third kappa shape index (κ3) is 1.12. The maximum atomic E-state index is 9.40. The molecule has 1 atom stereocenters. The minimum absolute atomic E-state index is 0.263. The second-order valence-electron chi connectivity index (χ2n) is 3.05. The molecule has 1 heterocycles. The summed E-state index contributed by atoms with van der Waals surface area (Å²) in [6.07, 6.45) is 0.288. The van der Waals surface area contributed by atoms with E-state index >= 15 is 0 Å². The highest BCUT2D eigenvalue weighted by Gasteiger charge is 2.17. The summed E-state index contributed by atoms with van der Waals surface area (Å²) in [7, 11) is 0. The fourth-order valence-electron chi connectivity index (χ4n) is 1.51. The lowest BCUT2D eigenvalue weighted by Crippen LogP contribution is -2.27. The molecule has 0 bridgehead atoms. The number of phenolic OH excluding ortho intramolecular Hbond substituents is 1. The van der Waals surface area contributed by atoms with Crippen LogP contribution in [0.4, 0.5) is 5.69 Å². The Morgan fingerprint density at radius 3 is 3.08 bits per heavy atom. The number of aromatic hydroxyl groups is 1. The van der Waals surface area contributed by atoms with Gasteiger partial charge < -0.3 is 15.5 Å². The molecule has 3 N–H and O–H groups in total. The van der Waals surface area contributed by atoms with Gasteiger partial charge in [-0.1, -0.05) is 12.1 Å². The summed E-state index contributed by atoms with van der Waals surface area (Å²) >= 11 is 0. The van der Waals surface area contributed by atoms with Gasteiger partial charge in [-0.05, 0) is 11.6 Å². The lowest BCUT2D eigenvalue weighted by molar-refractivity contribution is 0.184. The van der Waals surface area contributed by atoms with Crippen LogP contribution in [-0.2, 0) is 6.42 Å². The third-order valence-corrected chi connectivity index (χ3v) is 2.10. The quantitative estimate of drug-likeness (QED) is 0.496. The van der Waals surface area contributed by atoms with Crippen molar-refractivity contribution in [3.8, 4) is 5.75 Å². The van der Waals surface area contributed by atoms with E-state index in [0.29, 0.717) is 13.0 Å². The molecule has 1 aliphatic heterocycles. The molecule has 1 aromatic rings. The molecule has 3 nitrogen and oxygen atoms in total. The summed E-state index contributed by atoms with van der Waals surface area (Å²) in [6, 6.07) is 5.34. The molecule has 12 heavy (non-hydrogen) atoms. The molecular weight excluding hydrogens is 154 g/mol. The first-order chi connectivity index (χ1) is 5.77. The lowest BCUT2D eigenvalue weighted by atomic mass is 10.0. The number of rotatable bonds is 0. The molecule has 0 aliphatic carbocycles. The minimum atomic E-state index is -0.334. The number of anilines is 1. The second kappa shape index (κ2) is 2.68. The second-order valence-corrected chi connectivity index (χ2v) is 3.05. The molecule has 1 aliphatic rings. The van der Waals surface area contributed by atoms with Crippen LogP contribution >= 0.6 is 0 Å². The van der Waals surface area contributed by atoms with E-state index < -0.39 is 0 Å². The van der Waals surface area contributed by atoms with Gasteiger partial charge in [0.1, 0.15) is 5.75 Å². The monoisotopic (exact) mass is 165 g/mol. The summed E-state index contributed by atoms with van der Waals surface area (Å²) in [5.41, 5.74) is 1.75. The van der Waals surface area contributed by atoms with E-state index in [1.165, 1.54) is 0 Å². The molecular formula is C9H11NO2. The zero-order valence-corrected chi connectivity index (χ0v) is 6.62. The molecule has 64 valence electrons. The van der Waals surface area contributed by atoms with Crippen molar-refractivity contribution in [3.05, 3.63) is 23.8 Å². The van der Waals surface area contributed by atoms with Crippen molar-refractivity contribution in [3.63, 3.8) is 0 Å². The summed E-state index contributed by atoms with van der Waals surface area (Å²) in [6.45, 7) is 0.518. The number of hydrogen-bond acceptors (Lipinski definition) is 3. The fraction of sp³-hybridized carbons (Fsp3) is 0.333. The van der Waals surface area contributed by atoms with Gasteiger partial charge in [0.05, 0.1) is 11.8 Å². The van der Waals surface area contributed by atoms with Gasteiger partial charge in [0.15, 0.2) is 0 Å². The average Bonchev–Trinajstić information content (AvgIpc) is 2.04. The van der Waals surface area contributed by atoms with E-state index in [2.05, 4.69) is 5.32 Å². The summed E-state index contributed by atoms with van der Waals surface area (Å²) in [4.78, 5) is 0. The fourth-order valence-corrected chi connectivity index (χ4v) is 1.51. The van der Waals surface area contributed by atoms with E-state index in [0.717, 1.165) is 11.3 Å². The Labute approximate surface area is 70.7 Å². The van der Waals surface area contributed by atoms with Crippen molar-refractivity contribution in [2.24, 2.45) is 0 Å². The first kappa shape index (κ1) is 7.43. The van der Waals surface area contributed by atoms with Crippen molar-refractivity contribution >= 4 is 5.69 Å². The van der Waals surface area contributed by atoms with Gasteiger partial charge in [-0.2, -0.15) is 0 Å². The van der Waals surface area contributed by atoms with E-state index in [1.807, 2.05) is 6.07 Å². The Morgan fingerprint density at radius 2 is 2.25 bits per heavy atom. The molecule has 0 amide bonds. The first-order valence-corrected chi connectivity index (χ1v) is 4.00. The number of fused-ring (bicyclic) bond motifs is 1. The number of benzene rings is 1. The van der Waals surface area contributed by atoms with E-state index in [4.69, 9.17) is 0 Å². The Hall–Kier alpha value is -1.22. The topological polar surface area (TPSA) is 52.5 Å². The van der Waals surface area contributed by atoms with Gasteiger partial charge in [-0.25, -0.2) is 0 Å². The van der Waals surface area contributed by atoms with Crippen LogP contribution in [0.3, 0.4) is 0 Å². The Bertz CT molecular complexity index is 299. The molecule has 0 spiro atoms. The van der Waals surface area contributed by atoms with Crippen LogP contribution in [0.1, 0.15) is 5.56 Å². The van der Waals surface area contributed by atoms with Crippen LogP contribution in [0.15, 0.2) is 18.2 Å². The van der Waals surface area contributed by atoms with Crippen LogP contribution < -0.4 is 5.32 Å². The molecule has 2 rings (SSSR count). The Kier molecular flexibility index (Phi) is 1.66. The molecule has 1 unspecified atom stereocenters. The molecule has 3 heteroatoms. The van der Waals surface area contributed by atoms with Gasteiger partial charge in [0.25, 0.3) is 0 Å². The maximum Gasteiger partial charge on any atom is 0.138 e. The van der Waals surface area contributed by atoms with Gasteiger partial charge >= 0.3 is 0 Å². The summed E-state index contributed by atoms with van der Waals surface area (Å²) < 4.78 is 0. The SMILES string of the molecule is Oc1cccc2c1NCC(O)C2. The van der Waals surface area contributed by atoms with Crippen molar-refractivity contribution < 1.29 is 10.2 Å². The summed E-state index contributed by atoms with van der Waals surface area (Å²) in [5, 5.41) is 21.7. The smallest absolute Gasteiger partial charge is 0.138 e. The normalized spacial score (nSPS) is 21.2. The van der Waals surface area contributed by atoms with E-state index in [1.54, 1.807) is 12.1 Å². The number of nitrogens with one attached hydrogen (secondary N) is 1. The molecule has 0 radical (unpaired) electrons. The number of para-hydroxylation sites is 1. The number of β-amino-alcohol motifs (C(OH)–C–C–N with tert-alkyl or cyclic N) is 1.